The minimum Gasteiger partial charge on any atom is -0.497 e. The van der Waals surface area contributed by atoms with E-state index in [4.69, 9.17) is 9.47 Å². The minimum atomic E-state index is -3.47. The van der Waals surface area contributed by atoms with Gasteiger partial charge in [-0.2, -0.15) is 0 Å². The number of ether oxygens (including phenoxy) is 2. The van der Waals surface area contributed by atoms with Gasteiger partial charge in [-0.3, -0.25) is 4.72 Å². The van der Waals surface area contributed by atoms with Gasteiger partial charge in [0.2, 0.25) is 10.0 Å². The number of benzene rings is 2. The molecule has 0 aromatic heterocycles. The maximum atomic E-state index is 12.1. The van der Waals surface area contributed by atoms with Gasteiger partial charge in [-0.05, 0) is 55.0 Å². The Bertz CT molecular complexity index is 760. The quantitative estimate of drug-likeness (QED) is 0.772. The largest absolute Gasteiger partial charge is 0.497 e. The maximum Gasteiger partial charge on any atom is 0.236 e. The van der Waals surface area contributed by atoms with E-state index in [1.54, 1.807) is 43.5 Å². The molecule has 2 rings (SSSR count). The smallest absolute Gasteiger partial charge is 0.236 e. The highest BCUT2D eigenvalue weighted by molar-refractivity contribution is 9.10. The van der Waals surface area contributed by atoms with Gasteiger partial charge in [-0.1, -0.05) is 15.9 Å². The van der Waals surface area contributed by atoms with Gasteiger partial charge in [0.1, 0.15) is 23.9 Å². The van der Waals surface area contributed by atoms with E-state index in [2.05, 4.69) is 20.7 Å². The van der Waals surface area contributed by atoms with Gasteiger partial charge < -0.3 is 9.47 Å². The standard InChI is InChI=1S/C16H18BrNO4S/c1-12-11-13(17)3-8-16(12)18-23(19,20)10-9-22-15-6-4-14(21-2)5-7-15/h3-8,11,18H,9-10H2,1-2H3. The zero-order valence-corrected chi connectivity index (χ0v) is 15.3. The van der Waals surface area contributed by atoms with Gasteiger partial charge in [-0.15, -0.1) is 0 Å². The molecule has 0 amide bonds. The summed E-state index contributed by atoms with van der Waals surface area (Å²) in [6.07, 6.45) is 0. The highest BCUT2D eigenvalue weighted by Gasteiger charge is 2.12. The highest BCUT2D eigenvalue weighted by atomic mass is 79.9. The molecule has 1 N–H and O–H groups in total. The molecule has 23 heavy (non-hydrogen) atoms. The summed E-state index contributed by atoms with van der Waals surface area (Å²) in [6, 6.07) is 12.3. The summed E-state index contributed by atoms with van der Waals surface area (Å²) >= 11 is 3.35. The summed E-state index contributed by atoms with van der Waals surface area (Å²) in [4.78, 5) is 0. The summed E-state index contributed by atoms with van der Waals surface area (Å²) in [6.45, 7) is 1.91. The van der Waals surface area contributed by atoms with E-state index in [-0.39, 0.29) is 12.4 Å². The van der Waals surface area contributed by atoms with Crippen molar-refractivity contribution in [1.82, 2.24) is 0 Å². The number of anilines is 1. The number of rotatable bonds is 7. The average molecular weight is 400 g/mol. The number of nitrogens with one attached hydrogen (secondary N) is 1. The first kappa shape index (κ1) is 17.6. The number of aryl methyl sites for hydroxylation is 1. The molecule has 0 atom stereocenters. The van der Waals surface area contributed by atoms with E-state index in [0.29, 0.717) is 11.4 Å². The molecule has 124 valence electrons. The van der Waals surface area contributed by atoms with Crippen LogP contribution in [0.3, 0.4) is 0 Å². The second kappa shape index (κ2) is 7.70. The van der Waals surface area contributed by atoms with E-state index >= 15 is 0 Å². The van der Waals surface area contributed by atoms with Crippen LogP contribution in [0.2, 0.25) is 0 Å². The van der Waals surface area contributed by atoms with Crippen LogP contribution in [0.5, 0.6) is 11.5 Å². The van der Waals surface area contributed by atoms with Gasteiger partial charge in [0.15, 0.2) is 0 Å². The van der Waals surface area contributed by atoms with Crippen LogP contribution in [0.1, 0.15) is 5.56 Å². The summed E-state index contributed by atoms with van der Waals surface area (Å²) in [7, 11) is -1.89. The third-order valence-corrected chi connectivity index (χ3v) is 4.86. The molecular formula is C16H18BrNO4S. The average Bonchev–Trinajstić information content (AvgIpc) is 2.50. The predicted molar refractivity (Wildman–Crippen MR) is 94.8 cm³/mol. The fourth-order valence-corrected chi connectivity index (χ4v) is 3.35. The first-order chi connectivity index (χ1) is 10.9. The number of hydrogen-bond donors (Lipinski definition) is 1. The second-order valence-electron chi connectivity index (χ2n) is 4.90. The van der Waals surface area contributed by atoms with Crippen LogP contribution in [-0.4, -0.2) is 27.9 Å². The molecule has 2 aromatic carbocycles. The van der Waals surface area contributed by atoms with Crippen LogP contribution in [0.15, 0.2) is 46.9 Å². The molecule has 5 nitrogen and oxygen atoms in total. The number of halogens is 1. The first-order valence-corrected chi connectivity index (χ1v) is 9.37. The van der Waals surface area contributed by atoms with Crippen molar-refractivity contribution >= 4 is 31.6 Å². The Morgan fingerprint density at radius 2 is 1.74 bits per heavy atom. The normalized spacial score (nSPS) is 11.1. The van der Waals surface area contributed by atoms with E-state index in [1.165, 1.54) is 0 Å². The van der Waals surface area contributed by atoms with Crippen molar-refractivity contribution < 1.29 is 17.9 Å². The third kappa shape index (κ3) is 5.44. The van der Waals surface area contributed by atoms with Crippen LogP contribution < -0.4 is 14.2 Å². The van der Waals surface area contributed by atoms with Crippen molar-refractivity contribution in [3.63, 3.8) is 0 Å². The van der Waals surface area contributed by atoms with Crippen molar-refractivity contribution in [2.45, 2.75) is 6.92 Å². The fourth-order valence-electron chi connectivity index (χ4n) is 1.90. The molecule has 0 saturated heterocycles. The molecular weight excluding hydrogens is 382 g/mol. The summed E-state index contributed by atoms with van der Waals surface area (Å²) in [5.41, 5.74) is 1.41. The zero-order chi connectivity index (χ0) is 16.9. The first-order valence-electron chi connectivity index (χ1n) is 6.93. The molecule has 0 heterocycles. The lowest BCUT2D eigenvalue weighted by Crippen LogP contribution is -2.21. The van der Waals surface area contributed by atoms with Gasteiger partial charge in [0, 0.05) is 4.47 Å². The van der Waals surface area contributed by atoms with E-state index in [9.17, 15) is 8.42 Å². The molecule has 0 spiro atoms. The van der Waals surface area contributed by atoms with Crippen molar-refractivity contribution in [3.05, 3.63) is 52.5 Å². The Balaban J connectivity index is 1.90. The number of sulfonamides is 1. The van der Waals surface area contributed by atoms with Crippen LogP contribution >= 0.6 is 15.9 Å². The SMILES string of the molecule is COc1ccc(OCCS(=O)(=O)Nc2ccc(Br)cc2C)cc1. The molecule has 0 bridgehead atoms. The molecule has 0 fully saturated rings. The summed E-state index contributed by atoms with van der Waals surface area (Å²) < 4.78 is 38.2. The molecule has 0 aliphatic rings. The van der Waals surface area contributed by atoms with Crippen molar-refractivity contribution in [3.8, 4) is 11.5 Å². The highest BCUT2D eigenvalue weighted by Crippen LogP contribution is 2.21. The van der Waals surface area contributed by atoms with Gasteiger partial charge in [0.25, 0.3) is 0 Å². The summed E-state index contributed by atoms with van der Waals surface area (Å²) in [5.74, 6) is 1.19. The van der Waals surface area contributed by atoms with Crippen LogP contribution in [-0.2, 0) is 10.0 Å². The predicted octanol–water partition coefficient (Wildman–Crippen LogP) is 3.59. The number of methoxy groups -OCH3 is 1. The lowest BCUT2D eigenvalue weighted by molar-refractivity contribution is 0.340. The molecule has 0 aliphatic heterocycles. The Kier molecular flexibility index (Phi) is 5.90. The van der Waals surface area contributed by atoms with Crippen molar-refractivity contribution in [2.24, 2.45) is 0 Å². The molecule has 2 aromatic rings. The Labute approximate surface area is 144 Å². The maximum absolute atomic E-state index is 12.1. The minimum absolute atomic E-state index is 0.0667. The second-order valence-corrected chi connectivity index (χ2v) is 7.66. The molecule has 0 radical (unpaired) electrons. The van der Waals surface area contributed by atoms with Gasteiger partial charge in [0.05, 0.1) is 12.8 Å². The lowest BCUT2D eigenvalue weighted by atomic mass is 10.2. The molecule has 0 unspecified atom stereocenters. The monoisotopic (exact) mass is 399 g/mol. The molecule has 7 heteroatoms. The molecule has 0 saturated carbocycles. The molecule has 0 aliphatic carbocycles. The van der Waals surface area contributed by atoms with E-state index < -0.39 is 10.0 Å². The Morgan fingerprint density at radius 1 is 1.09 bits per heavy atom. The summed E-state index contributed by atoms with van der Waals surface area (Å²) in [5, 5.41) is 0. The van der Waals surface area contributed by atoms with Gasteiger partial charge in [-0.25, -0.2) is 8.42 Å². The Hall–Kier alpha value is -1.73. The van der Waals surface area contributed by atoms with Crippen molar-refractivity contribution in [1.29, 1.82) is 0 Å². The third-order valence-electron chi connectivity index (χ3n) is 3.13. The lowest BCUT2D eigenvalue weighted by Gasteiger charge is -2.11. The topological polar surface area (TPSA) is 64.6 Å². The van der Waals surface area contributed by atoms with Gasteiger partial charge >= 0.3 is 0 Å². The van der Waals surface area contributed by atoms with Crippen LogP contribution in [0, 0.1) is 6.92 Å². The number of hydrogen-bond acceptors (Lipinski definition) is 4. The zero-order valence-electron chi connectivity index (χ0n) is 12.9. The van der Waals surface area contributed by atoms with Crippen LogP contribution in [0.4, 0.5) is 5.69 Å². The van der Waals surface area contributed by atoms with Crippen LogP contribution in [0.25, 0.3) is 0 Å². The Morgan fingerprint density at radius 3 is 2.35 bits per heavy atom. The van der Waals surface area contributed by atoms with E-state index in [1.807, 2.05) is 13.0 Å². The van der Waals surface area contributed by atoms with E-state index in [0.717, 1.165) is 15.8 Å². The van der Waals surface area contributed by atoms with Crippen molar-refractivity contribution in [2.75, 3.05) is 24.2 Å². The fraction of sp³-hybridized carbons (Fsp3) is 0.250.